The maximum absolute atomic E-state index is 13.0. The summed E-state index contributed by atoms with van der Waals surface area (Å²) < 4.78 is 15.4. The molecule has 0 unspecified atom stereocenters. The van der Waals surface area contributed by atoms with E-state index in [1.807, 2.05) is 36.4 Å². The molecule has 37 heavy (non-hydrogen) atoms. The van der Waals surface area contributed by atoms with Crippen LogP contribution in [0.25, 0.3) is 0 Å². The third-order valence-electron chi connectivity index (χ3n) is 5.17. The van der Waals surface area contributed by atoms with Crippen LogP contribution in [0.2, 0.25) is 0 Å². The normalized spacial score (nSPS) is 10.3. The van der Waals surface area contributed by atoms with Crippen molar-refractivity contribution in [1.29, 1.82) is 0 Å². The lowest BCUT2D eigenvalue weighted by Crippen LogP contribution is -2.30. The molecule has 0 aliphatic rings. The van der Waals surface area contributed by atoms with Crippen LogP contribution in [-0.2, 0) is 27.4 Å². The van der Waals surface area contributed by atoms with Crippen LogP contribution in [0.1, 0.15) is 11.1 Å². The third kappa shape index (κ3) is 9.08. The average Bonchev–Trinajstić information content (AvgIpc) is 2.89. The van der Waals surface area contributed by atoms with Crippen molar-refractivity contribution < 1.29 is 28.6 Å². The summed E-state index contributed by atoms with van der Waals surface area (Å²) in [6.45, 7) is -0.194. The minimum Gasteiger partial charge on any atom is -0.449 e. The number of rotatable bonds is 10. The van der Waals surface area contributed by atoms with E-state index in [4.69, 9.17) is 37.4 Å². The first-order valence-electron chi connectivity index (χ1n) is 10.9. The topological polar surface area (TPSA) is 82.1 Å². The number of ether oxygens (including phenoxy) is 3. The Balaban J connectivity index is 0.00000481. The highest BCUT2D eigenvalue weighted by Crippen LogP contribution is 2.33. The van der Waals surface area contributed by atoms with Crippen molar-refractivity contribution in [1.82, 2.24) is 0 Å². The number of para-hydroxylation sites is 1. The van der Waals surface area contributed by atoms with Crippen molar-refractivity contribution in [3.05, 3.63) is 90.0 Å². The third-order valence-corrected chi connectivity index (χ3v) is 7.86. The highest BCUT2D eigenvalue weighted by atomic mass is 35.5. The van der Waals surface area contributed by atoms with Gasteiger partial charge in [-0.2, -0.15) is 0 Å². The molecule has 7 nitrogen and oxygen atoms in total. The van der Waals surface area contributed by atoms with Gasteiger partial charge in [-0.15, -0.1) is 0 Å². The average molecular weight is 559 g/mol. The molecular formula is C26H24BCl2NO6P. The highest BCUT2D eigenvalue weighted by Gasteiger charge is 2.22. The lowest BCUT2D eigenvalue weighted by atomic mass is 10.1. The summed E-state index contributed by atoms with van der Waals surface area (Å²) in [5, 5.41) is 2.36. The van der Waals surface area contributed by atoms with Crippen LogP contribution < -0.4 is 15.5 Å². The Hall–Kier alpha value is -3.06. The molecule has 0 saturated heterocycles. The molecule has 0 atom stereocenters. The van der Waals surface area contributed by atoms with Gasteiger partial charge in [-0.1, -0.05) is 78.9 Å². The second kappa shape index (κ2) is 15.3. The molecule has 191 valence electrons. The number of carbonyl (C=O) groups is 3. The molecule has 3 aromatic rings. The first-order valence-corrected chi connectivity index (χ1v) is 13.2. The second-order valence-electron chi connectivity index (χ2n) is 7.47. The summed E-state index contributed by atoms with van der Waals surface area (Å²) in [5.41, 5.74) is -0.658. The molecule has 3 radical (unpaired) electrons. The molecule has 0 fully saturated rings. The maximum Gasteiger partial charge on any atom is 0.414 e. The van der Waals surface area contributed by atoms with Gasteiger partial charge in [-0.3, -0.25) is 4.90 Å². The smallest absolute Gasteiger partial charge is 0.414 e. The molecule has 0 aliphatic heterocycles. The minimum atomic E-state index is -0.987. The van der Waals surface area contributed by atoms with Gasteiger partial charge in [0.15, 0.2) is 0 Å². The number of hydrogen-bond acceptors (Lipinski definition) is 6. The van der Waals surface area contributed by atoms with Crippen LogP contribution in [0.5, 0.6) is 0 Å². The molecule has 0 N–H and O–H groups in total. The number of halogens is 2. The molecule has 0 heterocycles. The number of benzene rings is 3. The van der Waals surface area contributed by atoms with Crippen molar-refractivity contribution in [2.75, 3.05) is 24.7 Å². The summed E-state index contributed by atoms with van der Waals surface area (Å²) in [4.78, 5) is 36.6. The predicted octanol–water partition coefficient (Wildman–Crippen LogP) is 5.76. The van der Waals surface area contributed by atoms with E-state index in [-0.39, 0.29) is 28.2 Å². The molecular weight excluding hydrogens is 535 g/mol. The first-order chi connectivity index (χ1) is 17.4. The molecule has 11 heteroatoms. The predicted molar refractivity (Wildman–Crippen MR) is 148 cm³/mol. The van der Waals surface area contributed by atoms with Crippen molar-refractivity contribution in [3.63, 3.8) is 0 Å². The van der Waals surface area contributed by atoms with Gasteiger partial charge in [-0.05, 0) is 18.5 Å². The zero-order valence-electron chi connectivity index (χ0n) is 20.0. The molecule has 0 aromatic heterocycles. The summed E-state index contributed by atoms with van der Waals surface area (Å²) in [6.07, 6.45) is 0.0136. The molecule has 0 aliphatic carbocycles. The van der Waals surface area contributed by atoms with Crippen LogP contribution in [0, 0.1) is 0 Å². The Bertz CT molecular complexity index is 1110. The maximum atomic E-state index is 13.0. The Morgan fingerprint density at radius 3 is 1.62 bits per heavy atom. The van der Waals surface area contributed by atoms with E-state index >= 15 is 0 Å². The molecule has 0 bridgehead atoms. The number of hydrogen-bond donors (Lipinski definition) is 0. The Morgan fingerprint density at radius 2 is 1.19 bits per heavy atom. The fraction of sp³-hybridized carbons (Fsp3) is 0.192. The first kappa shape index (κ1) is 30.2. The van der Waals surface area contributed by atoms with Crippen LogP contribution >= 0.6 is 31.1 Å². The fourth-order valence-electron chi connectivity index (χ4n) is 3.61. The number of carbonyl (C=O) groups excluding carboxylic acids is 3. The van der Waals surface area contributed by atoms with Gasteiger partial charge in [0.05, 0.1) is 12.3 Å². The molecule has 0 saturated carbocycles. The van der Waals surface area contributed by atoms with E-state index in [9.17, 15) is 14.4 Å². The van der Waals surface area contributed by atoms with Crippen molar-refractivity contribution in [2.45, 2.75) is 13.2 Å². The Labute approximate surface area is 228 Å². The van der Waals surface area contributed by atoms with E-state index in [0.29, 0.717) is 23.0 Å². The van der Waals surface area contributed by atoms with Gasteiger partial charge in [0.25, 0.3) is 0 Å². The minimum absolute atomic E-state index is 0. The SMILES string of the molecule is CN(C(=O)OCCP(c1ccccc1)c1ccccc1)c1c(COC(=O)Cl)cccc1COC(=O)Cl.[B]. The van der Waals surface area contributed by atoms with Crippen LogP contribution in [0.4, 0.5) is 20.1 Å². The van der Waals surface area contributed by atoms with Crippen LogP contribution in [-0.4, -0.2) is 45.2 Å². The fourth-order valence-corrected chi connectivity index (χ4v) is 5.87. The summed E-state index contributed by atoms with van der Waals surface area (Å²) in [5.74, 6) is 0. The number of anilines is 1. The second-order valence-corrected chi connectivity index (χ2v) is 10.4. The van der Waals surface area contributed by atoms with Crippen molar-refractivity contribution >= 4 is 72.8 Å². The van der Waals surface area contributed by atoms with E-state index < -0.39 is 24.9 Å². The van der Waals surface area contributed by atoms with Crippen LogP contribution in [0.3, 0.4) is 0 Å². The van der Waals surface area contributed by atoms with E-state index in [0.717, 1.165) is 0 Å². The van der Waals surface area contributed by atoms with Crippen LogP contribution in [0.15, 0.2) is 78.9 Å². The molecule has 0 spiro atoms. The largest absolute Gasteiger partial charge is 0.449 e. The van der Waals surface area contributed by atoms with Gasteiger partial charge in [0.2, 0.25) is 0 Å². The van der Waals surface area contributed by atoms with Gasteiger partial charge >= 0.3 is 17.0 Å². The number of amides is 1. The van der Waals surface area contributed by atoms with Gasteiger partial charge < -0.3 is 14.2 Å². The van der Waals surface area contributed by atoms with Gasteiger partial charge in [-0.25, -0.2) is 14.4 Å². The van der Waals surface area contributed by atoms with E-state index in [2.05, 4.69) is 24.3 Å². The molecule has 1 amide bonds. The summed E-state index contributed by atoms with van der Waals surface area (Å²) in [6, 6.07) is 25.2. The monoisotopic (exact) mass is 558 g/mol. The lowest BCUT2D eigenvalue weighted by Gasteiger charge is -2.24. The zero-order chi connectivity index (χ0) is 25.9. The summed E-state index contributed by atoms with van der Waals surface area (Å²) in [7, 11) is 0.787. The zero-order valence-corrected chi connectivity index (χ0v) is 22.4. The Kier molecular flexibility index (Phi) is 12.4. The highest BCUT2D eigenvalue weighted by molar-refractivity contribution is 7.73. The lowest BCUT2D eigenvalue weighted by molar-refractivity contribution is 0.160. The van der Waals surface area contributed by atoms with Crippen molar-refractivity contribution in [3.8, 4) is 0 Å². The van der Waals surface area contributed by atoms with E-state index in [1.165, 1.54) is 22.6 Å². The molecule has 3 aromatic carbocycles. The van der Waals surface area contributed by atoms with Crippen molar-refractivity contribution in [2.24, 2.45) is 0 Å². The van der Waals surface area contributed by atoms with Gasteiger partial charge in [0, 0.05) is 56.0 Å². The van der Waals surface area contributed by atoms with Gasteiger partial charge in [0.1, 0.15) is 13.2 Å². The number of nitrogens with zero attached hydrogens (tertiary/aromatic N) is 1. The summed E-state index contributed by atoms with van der Waals surface area (Å²) >= 11 is 10.6. The standard InChI is InChI=1S/C26H24Cl2NO6P.B/c1-29(23-19(17-34-24(27)30)9-8-10-20(23)18-35-25(28)31)26(32)33-15-16-36(21-11-4-2-5-12-21)22-13-6-3-7-14-22;/h2-14H,15-18H2,1H3;. The van der Waals surface area contributed by atoms with E-state index in [1.54, 1.807) is 18.2 Å². The quantitative estimate of drug-likeness (QED) is 0.136. The Morgan fingerprint density at radius 1 is 0.730 bits per heavy atom. The molecule has 3 rings (SSSR count).